The summed E-state index contributed by atoms with van der Waals surface area (Å²) in [5, 5.41) is 3.71. The van der Waals surface area contributed by atoms with Crippen molar-refractivity contribution in [2.75, 3.05) is 19.3 Å². The Bertz CT molecular complexity index is 750. The second kappa shape index (κ2) is 6.28. The predicted molar refractivity (Wildman–Crippen MR) is 82.7 cm³/mol. The Morgan fingerprint density at radius 2 is 1.95 bits per heavy atom. The zero-order valence-electron chi connectivity index (χ0n) is 12.1. The monoisotopic (exact) mass is 309 g/mol. The molecule has 0 spiro atoms. The molecule has 0 atom stereocenters. The third-order valence-corrected chi connectivity index (χ3v) is 3.87. The molecule has 0 saturated heterocycles. The Balaban J connectivity index is 1.94. The Morgan fingerprint density at radius 1 is 1.24 bits per heavy atom. The molecule has 2 rings (SSSR count). The van der Waals surface area contributed by atoms with Gasteiger partial charge in [0.25, 0.3) is 5.91 Å². The first-order valence-corrected chi connectivity index (χ1v) is 8.54. The topological polar surface area (TPSA) is 80.2 Å². The molecule has 0 bridgehead atoms. The van der Waals surface area contributed by atoms with Crippen molar-refractivity contribution in [2.24, 2.45) is 7.05 Å². The van der Waals surface area contributed by atoms with Crippen molar-refractivity contribution in [3.8, 4) is 0 Å². The summed E-state index contributed by atoms with van der Waals surface area (Å²) in [5.74, 6) is -0.147. The van der Waals surface area contributed by atoms with Gasteiger partial charge < -0.3 is 9.88 Å². The van der Waals surface area contributed by atoms with E-state index in [4.69, 9.17) is 0 Å². The Kier molecular flexibility index (Phi) is 4.64. The summed E-state index contributed by atoms with van der Waals surface area (Å²) in [6.45, 7) is 0.735. The van der Waals surface area contributed by atoms with Crippen LogP contribution in [0.4, 0.5) is 0 Å². The number of hydrogen-bond acceptors (Lipinski definition) is 3. The Labute approximate surface area is 124 Å². The second-order valence-electron chi connectivity index (χ2n) is 4.95. The van der Waals surface area contributed by atoms with Crippen LogP contribution in [0, 0.1) is 0 Å². The fourth-order valence-corrected chi connectivity index (χ4v) is 2.68. The van der Waals surface area contributed by atoms with Crippen molar-refractivity contribution in [1.29, 1.82) is 0 Å². The first kappa shape index (κ1) is 15.5. The lowest BCUT2D eigenvalue weighted by Crippen LogP contribution is -2.29. The van der Waals surface area contributed by atoms with E-state index in [0.717, 1.165) is 17.2 Å². The number of aryl methyl sites for hydroxylation is 1. The molecule has 0 radical (unpaired) electrons. The number of amides is 1. The molecule has 21 heavy (non-hydrogen) atoms. The molecule has 0 unspecified atom stereocenters. The molecule has 7 heteroatoms. The summed E-state index contributed by atoms with van der Waals surface area (Å²) in [6.07, 6.45) is 3.46. The minimum Gasteiger partial charge on any atom is -0.352 e. The van der Waals surface area contributed by atoms with Gasteiger partial charge in [-0.3, -0.25) is 4.79 Å². The van der Waals surface area contributed by atoms with Crippen molar-refractivity contribution in [1.82, 2.24) is 14.6 Å². The van der Waals surface area contributed by atoms with Gasteiger partial charge in [-0.05, 0) is 12.5 Å². The van der Waals surface area contributed by atoms with Crippen LogP contribution in [0.1, 0.15) is 16.8 Å². The average Bonchev–Trinajstić information content (AvgIpc) is 2.75. The van der Waals surface area contributed by atoms with Gasteiger partial charge in [0.05, 0.1) is 11.8 Å². The number of sulfonamides is 1. The molecule has 1 heterocycles. The standard InChI is InChI=1S/C14H19N3O3S/c1-17-10-12(11-6-3-4-7-13(11)17)14(18)15-8-5-9-16-21(2,19)20/h3-4,6-7,10,16H,5,8-9H2,1-2H3,(H,15,18). The SMILES string of the molecule is Cn1cc(C(=O)NCCCNS(C)(=O)=O)c2ccccc21. The number of carbonyl (C=O) groups excluding carboxylic acids is 1. The van der Waals surface area contributed by atoms with Crippen LogP contribution < -0.4 is 10.0 Å². The van der Waals surface area contributed by atoms with Crippen LogP contribution in [0.15, 0.2) is 30.5 Å². The summed E-state index contributed by atoms with van der Waals surface area (Å²) in [6, 6.07) is 7.70. The lowest BCUT2D eigenvalue weighted by atomic mass is 10.1. The highest BCUT2D eigenvalue weighted by molar-refractivity contribution is 7.88. The van der Waals surface area contributed by atoms with Gasteiger partial charge in [0.2, 0.25) is 10.0 Å². The van der Waals surface area contributed by atoms with Gasteiger partial charge >= 0.3 is 0 Å². The molecule has 1 aromatic carbocycles. The maximum Gasteiger partial charge on any atom is 0.253 e. The molecule has 0 aliphatic rings. The minimum atomic E-state index is -3.17. The number of hydrogen-bond donors (Lipinski definition) is 2. The summed E-state index contributed by atoms with van der Waals surface area (Å²) in [4.78, 5) is 12.2. The number of rotatable bonds is 6. The van der Waals surface area contributed by atoms with E-state index >= 15 is 0 Å². The van der Waals surface area contributed by atoms with E-state index in [9.17, 15) is 13.2 Å². The van der Waals surface area contributed by atoms with Gasteiger partial charge in [0, 0.05) is 37.2 Å². The second-order valence-corrected chi connectivity index (χ2v) is 6.78. The smallest absolute Gasteiger partial charge is 0.253 e. The highest BCUT2D eigenvalue weighted by atomic mass is 32.2. The zero-order chi connectivity index (χ0) is 15.5. The predicted octanol–water partition coefficient (Wildman–Crippen LogP) is 0.847. The van der Waals surface area contributed by atoms with Crippen LogP contribution in [0.25, 0.3) is 10.9 Å². The average molecular weight is 309 g/mol. The normalized spacial score (nSPS) is 11.7. The third-order valence-electron chi connectivity index (χ3n) is 3.14. The van der Waals surface area contributed by atoms with Crippen LogP contribution in [0.3, 0.4) is 0 Å². The van der Waals surface area contributed by atoms with Crippen LogP contribution in [0.5, 0.6) is 0 Å². The molecular weight excluding hydrogens is 290 g/mol. The van der Waals surface area contributed by atoms with Gasteiger partial charge in [0.1, 0.15) is 0 Å². The Hall–Kier alpha value is -1.86. The van der Waals surface area contributed by atoms with Crippen molar-refractivity contribution >= 4 is 26.8 Å². The zero-order valence-corrected chi connectivity index (χ0v) is 12.9. The van der Waals surface area contributed by atoms with Gasteiger partial charge in [-0.25, -0.2) is 13.1 Å². The van der Waals surface area contributed by atoms with Crippen molar-refractivity contribution in [3.63, 3.8) is 0 Å². The quantitative estimate of drug-likeness (QED) is 0.776. The van der Waals surface area contributed by atoms with Gasteiger partial charge in [0.15, 0.2) is 0 Å². The summed E-state index contributed by atoms with van der Waals surface area (Å²) in [7, 11) is -1.27. The lowest BCUT2D eigenvalue weighted by molar-refractivity contribution is 0.0955. The number of aromatic nitrogens is 1. The molecule has 2 aromatic rings. The first-order valence-electron chi connectivity index (χ1n) is 6.65. The maximum atomic E-state index is 12.2. The fourth-order valence-electron chi connectivity index (χ4n) is 2.17. The van der Waals surface area contributed by atoms with Gasteiger partial charge in [-0.1, -0.05) is 18.2 Å². The molecule has 2 N–H and O–H groups in total. The molecule has 0 fully saturated rings. The molecule has 0 aliphatic heterocycles. The summed E-state index contributed by atoms with van der Waals surface area (Å²) >= 11 is 0. The number of nitrogens with one attached hydrogen (secondary N) is 2. The highest BCUT2D eigenvalue weighted by Gasteiger charge is 2.12. The number of fused-ring (bicyclic) bond motifs is 1. The van der Waals surface area contributed by atoms with E-state index in [0.29, 0.717) is 25.1 Å². The van der Waals surface area contributed by atoms with Crippen LogP contribution >= 0.6 is 0 Å². The van der Waals surface area contributed by atoms with Crippen LogP contribution in [-0.4, -0.2) is 38.2 Å². The maximum absolute atomic E-state index is 12.2. The van der Waals surface area contributed by atoms with Crippen LogP contribution in [-0.2, 0) is 17.1 Å². The van der Waals surface area contributed by atoms with Crippen LogP contribution in [0.2, 0.25) is 0 Å². The highest BCUT2D eigenvalue weighted by Crippen LogP contribution is 2.19. The van der Waals surface area contributed by atoms with E-state index in [2.05, 4.69) is 10.0 Å². The van der Waals surface area contributed by atoms with E-state index in [-0.39, 0.29) is 5.91 Å². The van der Waals surface area contributed by atoms with Crippen molar-refractivity contribution in [3.05, 3.63) is 36.0 Å². The van der Waals surface area contributed by atoms with E-state index in [1.54, 1.807) is 6.20 Å². The molecule has 6 nitrogen and oxygen atoms in total. The van der Waals surface area contributed by atoms with E-state index in [1.165, 1.54) is 0 Å². The number of nitrogens with zero attached hydrogens (tertiary/aromatic N) is 1. The van der Waals surface area contributed by atoms with E-state index < -0.39 is 10.0 Å². The first-order chi connectivity index (χ1) is 9.88. The molecule has 114 valence electrons. The summed E-state index contributed by atoms with van der Waals surface area (Å²) in [5.41, 5.74) is 1.63. The Morgan fingerprint density at radius 3 is 2.67 bits per heavy atom. The lowest BCUT2D eigenvalue weighted by Gasteiger charge is -2.05. The fraction of sp³-hybridized carbons (Fsp3) is 0.357. The van der Waals surface area contributed by atoms with Gasteiger partial charge in [-0.2, -0.15) is 0 Å². The largest absolute Gasteiger partial charge is 0.352 e. The molecule has 0 saturated carbocycles. The third kappa shape index (κ3) is 4.05. The number of benzene rings is 1. The van der Waals surface area contributed by atoms with Gasteiger partial charge in [-0.15, -0.1) is 0 Å². The van der Waals surface area contributed by atoms with Crippen molar-refractivity contribution in [2.45, 2.75) is 6.42 Å². The molecule has 1 aromatic heterocycles. The van der Waals surface area contributed by atoms with Crippen molar-refractivity contribution < 1.29 is 13.2 Å². The molecular formula is C14H19N3O3S. The van der Waals surface area contributed by atoms with E-state index in [1.807, 2.05) is 35.9 Å². The number of para-hydroxylation sites is 1. The summed E-state index contributed by atoms with van der Waals surface area (Å²) < 4.78 is 26.1. The molecule has 0 aliphatic carbocycles. The minimum absolute atomic E-state index is 0.147. The molecule has 1 amide bonds. The number of carbonyl (C=O) groups is 1.